The van der Waals surface area contributed by atoms with E-state index in [9.17, 15) is 8.42 Å². The molecule has 0 unspecified atom stereocenters. The van der Waals surface area contributed by atoms with E-state index in [1.807, 2.05) is 0 Å². The van der Waals surface area contributed by atoms with Crippen LogP contribution in [0.15, 0.2) is 23.6 Å². The number of aromatic nitrogens is 4. The molecule has 2 rings (SSSR count). The summed E-state index contributed by atoms with van der Waals surface area (Å²) in [6.07, 6.45) is 3.66. The molecule has 2 aromatic heterocycles. The Morgan fingerprint density at radius 1 is 1.22 bits per heavy atom. The van der Waals surface area contributed by atoms with Crippen molar-refractivity contribution in [2.45, 2.75) is 5.03 Å². The molecule has 0 bridgehead atoms. The maximum absolute atomic E-state index is 12.0. The van der Waals surface area contributed by atoms with Gasteiger partial charge in [-0.15, -0.1) is 0 Å². The van der Waals surface area contributed by atoms with Crippen LogP contribution in [0.25, 0.3) is 0 Å². The minimum Gasteiger partial charge on any atom is -0.261 e. The van der Waals surface area contributed by atoms with Crippen LogP contribution in [0, 0.1) is 0 Å². The van der Waals surface area contributed by atoms with Crippen molar-refractivity contribution >= 4 is 39.0 Å². The second-order valence-corrected chi connectivity index (χ2v) is 5.64. The smallest absolute Gasteiger partial charge is 0.261 e. The van der Waals surface area contributed by atoms with E-state index in [4.69, 9.17) is 23.2 Å². The van der Waals surface area contributed by atoms with Crippen LogP contribution in [0.2, 0.25) is 10.2 Å². The van der Waals surface area contributed by atoms with Crippen molar-refractivity contribution in [1.82, 2.24) is 19.7 Å². The van der Waals surface area contributed by atoms with Crippen molar-refractivity contribution in [1.29, 1.82) is 0 Å². The number of sulfonamides is 1. The van der Waals surface area contributed by atoms with Crippen LogP contribution in [-0.2, 0) is 17.1 Å². The van der Waals surface area contributed by atoms with E-state index >= 15 is 0 Å². The van der Waals surface area contributed by atoms with E-state index in [0.29, 0.717) is 0 Å². The molecular formula is C8H7Cl2N5O2S. The van der Waals surface area contributed by atoms with Gasteiger partial charge >= 0.3 is 0 Å². The second-order valence-electron chi connectivity index (χ2n) is 3.25. The van der Waals surface area contributed by atoms with Crippen LogP contribution in [0.1, 0.15) is 0 Å². The number of anilines is 1. The zero-order valence-electron chi connectivity index (χ0n) is 9.00. The minimum absolute atomic E-state index is 0.0203. The molecule has 0 atom stereocenters. The summed E-state index contributed by atoms with van der Waals surface area (Å²) in [4.78, 5) is 7.49. The van der Waals surface area contributed by atoms with E-state index in [2.05, 4.69) is 19.8 Å². The lowest BCUT2D eigenvalue weighted by Crippen LogP contribution is -2.17. The fourth-order valence-corrected chi connectivity index (χ4v) is 3.00. The number of hydrogen-bond acceptors (Lipinski definition) is 5. The Balaban J connectivity index is 2.36. The van der Waals surface area contributed by atoms with Gasteiger partial charge in [-0.05, 0) is 0 Å². The van der Waals surface area contributed by atoms with Gasteiger partial charge < -0.3 is 0 Å². The molecule has 0 aliphatic carbocycles. The Hall–Kier alpha value is -1.38. The van der Waals surface area contributed by atoms with Crippen molar-refractivity contribution in [3.8, 4) is 0 Å². The van der Waals surface area contributed by atoms with Gasteiger partial charge in [0.15, 0.2) is 10.8 Å². The van der Waals surface area contributed by atoms with Crippen molar-refractivity contribution in [2.24, 2.45) is 7.05 Å². The maximum Gasteiger partial charge on any atom is 0.281 e. The molecule has 2 heterocycles. The summed E-state index contributed by atoms with van der Waals surface area (Å²) in [7, 11) is -2.41. The predicted molar refractivity (Wildman–Crippen MR) is 66.1 cm³/mol. The van der Waals surface area contributed by atoms with Crippen molar-refractivity contribution in [3.05, 3.63) is 28.8 Å². The molecule has 0 aliphatic heterocycles. The molecular weight excluding hydrogens is 301 g/mol. The first kappa shape index (κ1) is 13.1. The minimum atomic E-state index is -3.87. The highest BCUT2D eigenvalue weighted by molar-refractivity contribution is 7.92. The van der Waals surface area contributed by atoms with Crippen LogP contribution in [0.5, 0.6) is 0 Å². The van der Waals surface area contributed by atoms with Gasteiger partial charge in [0.1, 0.15) is 5.15 Å². The highest BCUT2D eigenvalue weighted by atomic mass is 35.5. The third kappa shape index (κ3) is 2.55. The first-order chi connectivity index (χ1) is 8.40. The second kappa shape index (κ2) is 4.71. The van der Waals surface area contributed by atoms with Crippen LogP contribution >= 0.6 is 23.2 Å². The lowest BCUT2D eigenvalue weighted by molar-refractivity contribution is 0.582. The average molecular weight is 308 g/mol. The van der Waals surface area contributed by atoms with Gasteiger partial charge in [-0.2, -0.15) is 13.5 Å². The van der Waals surface area contributed by atoms with Gasteiger partial charge in [0.2, 0.25) is 0 Å². The highest BCUT2D eigenvalue weighted by Gasteiger charge is 2.23. The molecule has 0 amide bonds. The van der Waals surface area contributed by atoms with Crippen LogP contribution in [0.3, 0.4) is 0 Å². The normalized spacial score (nSPS) is 11.5. The summed E-state index contributed by atoms with van der Waals surface area (Å²) in [5.74, 6) is 0.0386. The van der Waals surface area contributed by atoms with Gasteiger partial charge in [-0.3, -0.25) is 9.40 Å². The van der Waals surface area contributed by atoms with Gasteiger partial charge in [-0.1, -0.05) is 23.2 Å². The van der Waals surface area contributed by atoms with Gasteiger partial charge in [-0.25, -0.2) is 9.97 Å². The van der Waals surface area contributed by atoms with E-state index < -0.39 is 10.0 Å². The zero-order chi connectivity index (χ0) is 13.3. The van der Waals surface area contributed by atoms with Crippen molar-refractivity contribution < 1.29 is 8.42 Å². The quantitative estimate of drug-likeness (QED) is 0.923. The molecule has 0 spiro atoms. The lowest BCUT2D eigenvalue weighted by atomic mass is 10.7. The number of halogens is 2. The summed E-state index contributed by atoms with van der Waals surface area (Å²) in [6.45, 7) is 0. The van der Waals surface area contributed by atoms with Crippen molar-refractivity contribution in [3.63, 3.8) is 0 Å². The van der Waals surface area contributed by atoms with E-state index in [0.717, 1.165) is 4.68 Å². The topological polar surface area (TPSA) is 89.8 Å². The average Bonchev–Trinajstić information content (AvgIpc) is 2.62. The summed E-state index contributed by atoms with van der Waals surface area (Å²) >= 11 is 11.3. The molecule has 0 aromatic carbocycles. The number of aryl methyl sites for hydroxylation is 1. The molecule has 0 saturated heterocycles. The molecule has 10 heteroatoms. The molecule has 7 nitrogen and oxygen atoms in total. The van der Waals surface area contributed by atoms with E-state index in [-0.39, 0.29) is 21.0 Å². The number of nitrogens with zero attached hydrogens (tertiary/aromatic N) is 4. The molecule has 0 radical (unpaired) electrons. The zero-order valence-corrected chi connectivity index (χ0v) is 11.3. The standard InChI is InChI=1S/C8H7Cl2N5O2S/c1-15-8(5(9)2-13-15)18(16,17)14-7-4-11-6(10)3-12-7/h2-4H,1H3,(H,12,14). The predicted octanol–water partition coefficient (Wildman–Crippen LogP) is 1.32. The Morgan fingerprint density at radius 3 is 2.44 bits per heavy atom. The van der Waals surface area contributed by atoms with Gasteiger partial charge in [0, 0.05) is 7.05 Å². The molecule has 2 aromatic rings. The SMILES string of the molecule is Cn1ncc(Cl)c1S(=O)(=O)Nc1cnc(Cl)cn1. The Labute approximate surface area is 113 Å². The van der Waals surface area contributed by atoms with Gasteiger partial charge in [0.25, 0.3) is 10.0 Å². The largest absolute Gasteiger partial charge is 0.281 e. The van der Waals surface area contributed by atoms with Crippen LogP contribution in [-0.4, -0.2) is 28.2 Å². The first-order valence-corrected chi connectivity index (χ1v) is 6.82. The van der Waals surface area contributed by atoms with Crippen LogP contribution < -0.4 is 4.72 Å². The molecule has 0 fully saturated rings. The summed E-state index contributed by atoms with van der Waals surface area (Å²) in [5, 5.41) is 3.78. The molecule has 0 aliphatic rings. The summed E-state index contributed by atoms with van der Waals surface area (Å²) in [5.41, 5.74) is 0. The summed E-state index contributed by atoms with van der Waals surface area (Å²) in [6, 6.07) is 0. The number of hydrogen-bond donors (Lipinski definition) is 1. The summed E-state index contributed by atoms with van der Waals surface area (Å²) < 4.78 is 27.4. The first-order valence-electron chi connectivity index (χ1n) is 4.58. The monoisotopic (exact) mass is 307 g/mol. The fourth-order valence-electron chi connectivity index (χ4n) is 1.25. The molecule has 1 N–H and O–H groups in total. The Kier molecular flexibility index (Phi) is 3.42. The molecule has 0 saturated carbocycles. The van der Waals surface area contributed by atoms with E-state index in [1.54, 1.807) is 0 Å². The maximum atomic E-state index is 12.0. The number of nitrogens with one attached hydrogen (secondary N) is 1. The van der Waals surface area contributed by atoms with Gasteiger partial charge in [0.05, 0.1) is 23.6 Å². The number of rotatable bonds is 3. The third-order valence-corrected chi connectivity index (χ3v) is 4.01. The van der Waals surface area contributed by atoms with Crippen LogP contribution in [0.4, 0.5) is 5.82 Å². The molecule has 96 valence electrons. The highest BCUT2D eigenvalue weighted by Crippen LogP contribution is 2.21. The lowest BCUT2D eigenvalue weighted by Gasteiger charge is -2.07. The fraction of sp³-hybridized carbons (Fsp3) is 0.125. The van der Waals surface area contributed by atoms with Crippen molar-refractivity contribution in [2.75, 3.05) is 4.72 Å². The Morgan fingerprint density at radius 2 is 1.94 bits per heavy atom. The van der Waals surface area contributed by atoms with E-state index in [1.165, 1.54) is 25.6 Å². The Bertz CT molecular complexity index is 648. The third-order valence-electron chi connectivity index (χ3n) is 1.96. The molecule has 18 heavy (non-hydrogen) atoms.